The van der Waals surface area contributed by atoms with Crippen LogP contribution >= 0.6 is 24.0 Å². The van der Waals surface area contributed by atoms with Gasteiger partial charge in [-0.3, -0.25) is 19.5 Å². The molecule has 4 atom stereocenters. The highest BCUT2D eigenvalue weighted by molar-refractivity contribution is 14.0. The highest BCUT2D eigenvalue weighted by Gasteiger charge is 2.58. The van der Waals surface area contributed by atoms with E-state index in [1.807, 2.05) is 0 Å². The standard InChI is InChI=1S/C24H31N5O2.HI/c1-25-24(27-14-15-5-8-19-16(12-15)4-3-10-28(19)2)26-9-11-29-22(30)20-17-6-7-18(13-17)21(20)23(29)31;/h5-8,12,17-18,20-21H,3-4,9-11,13-14H2,1-2H3,(H2,25,26,27);1H. The summed E-state index contributed by atoms with van der Waals surface area (Å²) in [5, 5.41) is 6.59. The molecule has 8 heteroatoms. The van der Waals surface area contributed by atoms with Crippen LogP contribution in [0.15, 0.2) is 35.3 Å². The lowest BCUT2D eigenvalue weighted by Crippen LogP contribution is -2.43. The Morgan fingerprint density at radius 3 is 2.53 bits per heavy atom. The van der Waals surface area contributed by atoms with Gasteiger partial charge in [0.15, 0.2) is 5.96 Å². The number of guanidine groups is 1. The zero-order valence-electron chi connectivity index (χ0n) is 18.7. The summed E-state index contributed by atoms with van der Waals surface area (Å²) in [6.07, 6.45) is 7.54. The van der Waals surface area contributed by atoms with Crippen LogP contribution in [-0.2, 0) is 22.6 Å². The van der Waals surface area contributed by atoms with E-state index >= 15 is 0 Å². The lowest BCUT2D eigenvalue weighted by Gasteiger charge is -2.28. The van der Waals surface area contributed by atoms with E-state index in [1.54, 1.807) is 7.05 Å². The number of imide groups is 1. The molecule has 2 aliphatic carbocycles. The number of aryl methyl sites for hydroxylation is 1. The third-order valence-corrected chi connectivity index (χ3v) is 7.37. The monoisotopic (exact) mass is 549 g/mol. The maximum Gasteiger partial charge on any atom is 0.233 e. The number of anilines is 1. The van der Waals surface area contributed by atoms with Gasteiger partial charge in [-0.25, -0.2) is 0 Å². The number of aliphatic imine (C=N–C) groups is 1. The minimum Gasteiger partial charge on any atom is -0.374 e. The molecule has 1 aromatic rings. The maximum absolute atomic E-state index is 12.8. The van der Waals surface area contributed by atoms with Gasteiger partial charge in [0.1, 0.15) is 0 Å². The second kappa shape index (κ2) is 9.41. The van der Waals surface area contributed by atoms with Crippen LogP contribution in [0.4, 0.5) is 5.69 Å². The fourth-order valence-corrected chi connectivity index (χ4v) is 5.83. The molecule has 1 saturated carbocycles. The van der Waals surface area contributed by atoms with Crippen LogP contribution in [0.3, 0.4) is 0 Å². The van der Waals surface area contributed by atoms with E-state index in [0.717, 1.165) is 19.4 Å². The van der Waals surface area contributed by atoms with E-state index in [1.165, 1.54) is 28.1 Å². The SMILES string of the molecule is CN=C(NCCN1C(=O)C2C3C=CC(C3)C2C1=O)NCc1ccc2c(c1)CCCN2C.I. The van der Waals surface area contributed by atoms with Gasteiger partial charge in [-0.2, -0.15) is 0 Å². The summed E-state index contributed by atoms with van der Waals surface area (Å²) in [6.45, 7) is 2.67. The Bertz CT molecular complexity index is 932. The van der Waals surface area contributed by atoms with E-state index in [2.05, 4.69) is 57.9 Å². The van der Waals surface area contributed by atoms with Gasteiger partial charge in [0.2, 0.25) is 11.8 Å². The molecule has 2 bridgehead atoms. The lowest BCUT2D eigenvalue weighted by molar-refractivity contribution is -0.140. The van der Waals surface area contributed by atoms with E-state index in [0.29, 0.717) is 25.6 Å². The molecular formula is C24H32IN5O2. The quantitative estimate of drug-likeness (QED) is 0.194. The normalized spacial score (nSPS) is 28.0. The zero-order chi connectivity index (χ0) is 21.5. The van der Waals surface area contributed by atoms with Gasteiger partial charge >= 0.3 is 0 Å². The average molecular weight is 549 g/mol. The van der Waals surface area contributed by atoms with Crippen molar-refractivity contribution in [1.29, 1.82) is 0 Å². The number of hydrogen-bond acceptors (Lipinski definition) is 4. The molecule has 4 aliphatic rings. The third-order valence-electron chi connectivity index (χ3n) is 7.37. The second-order valence-corrected chi connectivity index (χ2v) is 9.17. The molecule has 4 unspecified atom stereocenters. The summed E-state index contributed by atoms with van der Waals surface area (Å²) in [4.78, 5) is 33.6. The Labute approximate surface area is 206 Å². The van der Waals surface area contributed by atoms with Crippen LogP contribution in [-0.4, -0.2) is 56.4 Å². The van der Waals surface area contributed by atoms with Gasteiger partial charge in [0, 0.05) is 46.0 Å². The van der Waals surface area contributed by atoms with Gasteiger partial charge in [-0.05, 0) is 48.3 Å². The molecule has 2 fully saturated rings. The van der Waals surface area contributed by atoms with Crippen molar-refractivity contribution in [3.63, 3.8) is 0 Å². The number of amides is 2. The lowest BCUT2D eigenvalue weighted by atomic mass is 9.85. The number of benzene rings is 1. The predicted molar refractivity (Wildman–Crippen MR) is 136 cm³/mol. The average Bonchev–Trinajstić information content (AvgIpc) is 3.46. The van der Waals surface area contributed by atoms with Crippen molar-refractivity contribution in [2.75, 3.05) is 38.6 Å². The third kappa shape index (κ3) is 4.02. The number of carbonyl (C=O) groups excluding carboxylic acids is 2. The minimum absolute atomic E-state index is 0. The van der Waals surface area contributed by atoms with Crippen molar-refractivity contribution in [3.05, 3.63) is 41.5 Å². The van der Waals surface area contributed by atoms with Crippen molar-refractivity contribution in [1.82, 2.24) is 15.5 Å². The first-order valence-electron chi connectivity index (χ1n) is 11.4. The first-order chi connectivity index (χ1) is 15.1. The summed E-state index contributed by atoms with van der Waals surface area (Å²) in [7, 11) is 3.88. The Kier molecular flexibility index (Phi) is 6.78. The van der Waals surface area contributed by atoms with E-state index in [-0.39, 0.29) is 59.5 Å². The Morgan fingerprint density at radius 2 is 1.84 bits per heavy atom. The number of allylic oxidation sites excluding steroid dienone is 2. The maximum atomic E-state index is 12.8. The number of halogens is 1. The molecule has 7 nitrogen and oxygen atoms in total. The number of nitrogens with one attached hydrogen (secondary N) is 2. The predicted octanol–water partition coefficient (Wildman–Crippen LogP) is 2.16. The molecule has 1 aromatic carbocycles. The molecule has 2 aliphatic heterocycles. The van der Waals surface area contributed by atoms with Gasteiger partial charge in [-0.15, -0.1) is 24.0 Å². The highest BCUT2D eigenvalue weighted by Crippen LogP contribution is 2.52. The molecule has 2 heterocycles. The molecule has 2 amide bonds. The molecule has 5 rings (SSSR count). The van der Waals surface area contributed by atoms with E-state index in [9.17, 15) is 9.59 Å². The summed E-state index contributed by atoms with van der Waals surface area (Å²) >= 11 is 0. The number of carbonyl (C=O) groups is 2. The van der Waals surface area contributed by atoms with Crippen molar-refractivity contribution >= 4 is 47.4 Å². The molecular weight excluding hydrogens is 517 g/mol. The molecule has 32 heavy (non-hydrogen) atoms. The fraction of sp³-hybridized carbons (Fsp3) is 0.542. The van der Waals surface area contributed by atoms with Crippen LogP contribution in [0, 0.1) is 23.7 Å². The smallest absolute Gasteiger partial charge is 0.233 e. The molecule has 172 valence electrons. The highest BCUT2D eigenvalue weighted by atomic mass is 127. The molecule has 1 saturated heterocycles. The van der Waals surface area contributed by atoms with Crippen molar-refractivity contribution in [3.8, 4) is 0 Å². The van der Waals surface area contributed by atoms with Gasteiger partial charge in [0.05, 0.1) is 11.8 Å². The first kappa shape index (κ1) is 23.1. The first-order valence-corrected chi connectivity index (χ1v) is 11.4. The zero-order valence-corrected chi connectivity index (χ0v) is 21.0. The second-order valence-electron chi connectivity index (χ2n) is 9.17. The van der Waals surface area contributed by atoms with Crippen molar-refractivity contribution in [2.45, 2.75) is 25.8 Å². The Balaban J connectivity index is 0.00000245. The molecule has 0 aromatic heterocycles. The Morgan fingerprint density at radius 1 is 1.12 bits per heavy atom. The van der Waals surface area contributed by atoms with Crippen LogP contribution in [0.5, 0.6) is 0 Å². The van der Waals surface area contributed by atoms with Crippen molar-refractivity contribution in [2.24, 2.45) is 28.7 Å². The number of nitrogens with zero attached hydrogens (tertiary/aromatic N) is 3. The van der Waals surface area contributed by atoms with Gasteiger partial charge in [0.25, 0.3) is 0 Å². The van der Waals surface area contributed by atoms with Crippen molar-refractivity contribution < 1.29 is 9.59 Å². The Hall–Kier alpha value is -2.10. The van der Waals surface area contributed by atoms with E-state index in [4.69, 9.17) is 0 Å². The van der Waals surface area contributed by atoms with Gasteiger partial charge in [-0.1, -0.05) is 24.3 Å². The summed E-state index contributed by atoms with van der Waals surface area (Å²) in [5.74, 6) is 0.971. The molecule has 0 spiro atoms. The molecule has 2 N–H and O–H groups in total. The number of fused-ring (bicyclic) bond motifs is 6. The summed E-state index contributed by atoms with van der Waals surface area (Å²) in [6, 6.07) is 6.63. The topological polar surface area (TPSA) is 77.0 Å². The van der Waals surface area contributed by atoms with Gasteiger partial charge < -0.3 is 15.5 Å². The van der Waals surface area contributed by atoms with Crippen LogP contribution < -0.4 is 15.5 Å². The number of rotatable bonds is 5. The van der Waals surface area contributed by atoms with Crippen LogP contribution in [0.2, 0.25) is 0 Å². The number of hydrogen-bond donors (Lipinski definition) is 2. The minimum atomic E-state index is -0.122. The largest absolute Gasteiger partial charge is 0.374 e. The summed E-state index contributed by atoms with van der Waals surface area (Å²) < 4.78 is 0. The summed E-state index contributed by atoms with van der Waals surface area (Å²) in [5.41, 5.74) is 3.94. The van der Waals surface area contributed by atoms with Crippen LogP contribution in [0.25, 0.3) is 0 Å². The number of likely N-dealkylation sites (tertiary alicyclic amines) is 1. The fourth-order valence-electron chi connectivity index (χ4n) is 5.83. The van der Waals surface area contributed by atoms with Crippen LogP contribution in [0.1, 0.15) is 24.0 Å². The van der Waals surface area contributed by atoms with E-state index < -0.39 is 0 Å². The molecule has 0 radical (unpaired) electrons.